The van der Waals surface area contributed by atoms with Gasteiger partial charge in [0.2, 0.25) is 0 Å². The van der Waals surface area contributed by atoms with Gasteiger partial charge in [0.25, 0.3) is 0 Å². The van der Waals surface area contributed by atoms with Gasteiger partial charge < -0.3 is 19.9 Å². The van der Waals surface area contributed by atoms with E-state index in [1.54, 1.807) is 18.1 Å². The first kappa shape index (κ1) is 15.7. The van der Waals surface area contributed by atoms with Crippen molar-refractivity contribution in [3.63, 3.8) is 0 Å². The minimum atomic E-state index is -0.306. The number of fused-ring (bicyclic) bond motifs is 1. The predicted octanol–water partition coefficient (Wildman–Crippen LogP) is 2.24. The van der Waals surface area contributed by atoms with Gasteiger partial charge in [-0.1, -0.05) is 6.07 Å². The fourth-order valence-corrected chi connectivity index (χ4v) is 2.94. The molecular formula is C16H21FN4O2. The summed E-state index contributed by atoms with van der Waals surface area (Å²) < 4.78 is 18.6. The van der Waals surface area contributed by atoms with Gasteiger partial charge in [-0.25, -0.2) is 14.2 Å². The zero-order valence-corrected chi connectivity index (χ0v) is 13.1. The van der Waals surface area contributed by atoms with E-state index >= 15 is 0 Å². The quantitative estimate of drug-likeness (QED) is 0.849. The molecule has 0 bridgehead atoms. The number of urea groups is 1. The maximum Gasteiger partial charge on any atom is 0.317 e. The van der Waals surface area contributed by atoms with Crippen molar-refractivity contribution in [2.75, 3.05) is 33.4 Å². The summed E-state index contributed by atoms with van der Waals surface area (Å²) in [5, 5.41) is 2.83. The van der Waals surface area contributed by atoms with E-state index in [1.807, 2.05) is 6.07 Å². The number of carbonyl (C=O) groups excluding carboxylic acids is 1. The van der Waals surface area contributed by atoms with Crippen molar-refractivity contribution in [1.82, 2.24) is 20.2 Å². The third-order valence-corrected chi connectivity index (χ3v) is 4.23. The molecule has 2 amide bonds. The Kier molecular flexibility index (Phi) is 4.76. The van der Waals surface area contributed by atoms with Crippen LogP contribution in [0.1, 0.15) is 24.6 Å². The number of carbonyl (C=O) groups is 1. The number of para-hydroxylation sites is 1. The van der Waals surface area contributed by atoms with Gasteiger partial charge in [0.05, 0.1) is 12.1 Å². The molecule has 1 fully saturated rings. The molecular weight excluding hydrogens is 299 g/mol. The Balaban J connectivity index is 1.59. The van der Waals surface area contributed by atoms with Gasteiger partial charge in [0, 0.05) is 32.7 Å². The van der Waals surface area contributed by atoms with Gasteiger partial charge in [-0.3, -0.25) is 0 Å². The van der Waals surface area contributed by atoms with Crippen LogP contribution in [-0.4, -0.2) is 54.2 Å². The summed E-state index contributed by atoms with van der Waals surface area (Å²) in [4.78, 5) is 21.4. The van der Waals surface area contributed by atoms with Crippen LogP contribution in [0.3, 0.4) is 0 Å². The molecule has 1 saturated heterocycles. The first-order chi connectivity index (χ1) is 11.2. The number of methoxy groups -OCH3 is 1. The number of H-pyrrole nitrogens is 1. The molecule has 2 N–H and O–H groups in total. The summed E-state index contributed by atoms with van der Waals surface area (Å²) in [6.07, 6.45) is 1.64. The number of piperidine rings is 1. The van der Waals surface area contributed by atoms with Gasteiger partial charge in [-0.05, 0) is 25.0 Å². The molecule has 1 aromatic carbocycles. The normalized spacial score (nSPS) is 16.0. The Hall–Kier alpha value is -2.15. The molecule has 6 nitrogen and oxygen atoms in total. The molecule has 2 heterocycles. The van der Waals surface area contributed by atoms with E-state index in [1.165, 1.54) is 6.07 Å². The highest BCUT2D eigenvalue weighted by molar-refractivity contribution is 5.76. The monoisotopic (exact) mass is 320 g/mol. The summed E-state index contributed by atoms with van der Waals surface area (Å²) in [6, 6.07) is 4.86. The molecule has 1 aliphatic rings. The summed E-state index contributed by atoms with van der Waals surface area (Å²) in [6.45, 7) is 2.36. The topological polar surface area (TPSA) is 70.2 Å². The third-order valence-electron chi connectivity index (χ3n) is 4.23. The molecule has 124 valence electrons. The molecule has 0 radical (unpaired) electrons. The van der Waals surface area contributed by atoms with Crippen molar-refractivity contribution in [3.05, 3.63) is 29.8 Å². The smallest absolute Gasteiger partial charge is 0.317 e. The number of halogens is 1. The predicted molar refractivity (Wildman–Crippen MR) is 84.9 cm³/mol. The van der Waals surface area contributed by atoms with Crippen LogP contribution in [-0.2, 0) is 4.74 Å². The average Bonchev–Trinajstić information content (AvgIpc) is 3.01. The second kappa shape index (κ2) is 6.95. The number of aromatic amines is 1. The minimum Gasteiger partial charge on any atom is -0.383 e. The lowest BCUT2D eigenvalue weighted by atomic mass is 9.96. The van der Waals surface area contributed by atoms with Crippen LogP contribution in [0.5, 0.6) is 0 Å². The molecule has 0 saturated carbocycles. The molecule has 0 atom stereocenters. The Morgan fingerprint density at radius 1 is 1.48 bits per heavy atom. The first-order valence-corrected chi connectivity index (χ1v) is 7.85. The van der Waals surface area contributed by atoms with E-state index in [2.05, 4.69) is 15.3 Å². The van der Waals surface area contributed by atoms with Crippen molar-refractivity contribution < 1.29 is 13.9 Å². The van der Waals surface area contributed by atoms with Crippen LogP contribution < -0.4 is 5.32 Å². The minimum absolute atomic E-state index is 0.0591. The number of benzene rings is 1. The lowest BCUT2D eigenvalue weighted by molar-refractivity contribution is 0.168. The van der Waals surface area contributed by atoms with Crippen molar-refractivity contribution in [3.8, 4) is 0 Å². The van der Waals surface area contributed by atoms with Crippen LogP contribution in [0.2, 0.25) is 0 Å². The highest BCUT2D eigenvalue weighted by Gasteiger charge is 2.25. The van der Waals surface area contributed by atoms with Crippen molar-refractivity contribution in [2.45, 2.75) is 18.8 Å². The molecule has 0 aliphatic carbocycles. The van der Waals surface area contributed by atoms with E-state index in [0.717, 1.165) is 24.2 Å². The highest BCUT2D eigenvalue weighted by Crippen LogP contribution is 2.28. The largest absolute Gasteiger partial charge is 0.383 e. The summed E-state index contributed by atoms with van der Waals surface area (Å²) in [5.41, 5.74) is 1.11. The molecule has 7 heteroatoms. The number of hydrogen-bond donors (Lipinski definition) is 2. The van der Waals surface area contributed by atoms with E-state index in [-0.39, 0.29) is 17.8 Å². The zero-order valence-electron chi connectivity index (χ0n) is 13.1. The van der Waals surface area contributed by atoms with Gasteiger partial charge in [0.1, 0.15) is 11.3 Å². The average molecular weight is 320 g/mol. The van der Waals surface area contributed by atoms with Crippen LogP contribution in [0.4, 0.5) is 9.18 Å². The molecule has 3 rings (SSSR count). The Morgan fingerprint density at radius 3 is 2.96 bits per heavy atom. The number of nitrogens with one attached hydrogen (secondary N) is 2. The van der Waals surface area contributed by atoms with Gasteiger partial charge in [-0.2, -0.15) is 0 Å². The maximum atomic E-state index is 13.7. The second-order valence-corrected chi connectivity index (χ2v) is 5.74. The number of likely N-dealkylation sites (tertiary alicyclic amines) is 1. The van der Waals surface area contributed by atoms with Crippen LogP contribution in [0, 0.1) is 5.82 Å². The molecule has 1 aromatic heterocycles. The first-order valence-electron chi connectivity index (χ1n) is 7.85. The number of hydrogen-bond acceptors (Lipinski definition) is 3. The summed E-state index contributed by atoms with van der Waals surface area (Å²) in [5.74, 6) is 0.731. The SMILES string of the molecule is COCCNC(=O)N1CCC(c2nc3c(F)cccc3[nH]2)CC1. The highest BCUT2D eigenvalue weighted by atomic mass is 19.1. The molecule has 0 unspecified atom stereocenters. The standard InChI is InChI=1S/C16H21FN4O2/c1-23-10-7-18-16(22)21-8-5-11(6-9-21)15-19-13-4-2-3-12(17)14(13)20-15/h2-4,11H,5-10H2,1H3,(H,18,22)(H,19,20). The van der Waals surface area contributed by atoms with E-state index in [9.17, 15) is 9.18 Å². The van der Waals surface area contributed by atoms with Gasteiger partial charge in [-0.15, -0.1) is 0 Å². The third kappa shape index (κ3) is 3.44. The molecule has 1 aliphatic heterocycles. The number of aromatic nitrogens is 2. The lowest BCUT2D eigenvalue weighted by Crippen LogP contribution is -2.45. The zero-order chi connectivity index (χ0) is 16.2. The number of rotatable bonds is 4. The molecule has 23 heavy (non-hydrogen) atoms. The van der Waals surface area contributed by atoms with E-state index < -0.39 is 0 Å². The molecule has 2 aromatic rings. The van der Waals surface area contributed by atoms with Crippen molar-refractivity contribution in [2.24, 2.45) is 0 Å². The maximum absolute atomic E-state index is 13.7. The van der Waals surface area contributed by atoms with Crippen LogP contribution in [0.25, 0.3) is 11.0 Å². The summed E-state index contributed by atoms with van der Waals surface area (Å²) in [7, 11) is 1.60. The Morgan fingerprint density at radius 2 is 2.26 bits per heavy atom. The van der Waals surface area contributed by atoms with Crippen molar-refractivity contribution in [1.29, 1.82) is 0 Å². The van der Waals surface area contributed by atoms with Crippen LogP contribution >= 0.6 is 0 Å². The summed E-state index contributed by atoms with van der Waals surface area (Å²) >= 11 is 0. The van der Waals surface area contributed by atoms with E-state index in [0.29, 0.717) is 31.8 Å². The fraction of sp³-hybridized carbons (Fsp3) is 0.500. The Bertz CT molecular complexity index is 680. The van der Waals surface area contributed by atoms with Crippen LogP contribution in [0.15, 0.2) is 18.2 Å². The second-order valence-electron chi connectivity index (χ2n) is 5.74. The number of imidazole rings is 1. The van der Waals surface area contributed by atoms with Crippen molar-refractivity contribution >= 4 is 17.1 Å². The lowest BCUT2D eigenvalue weighted by Gasteiger charge is -2.31. The number of nitrogens with zero attached hydrogens (tertiary/aromatic N) is 2. The number of ether oxygens (including phenoxy) is 1. The molecule has 0 spiro atoms. The van der Waals surface area contributed by atoms with Gasteiger partial charge >= 0.3 is 6.03 Å². The number of amides is 2. The van der Waals surface area contributed by atoms with E-state index in [4.69, 9.17) is 4.74 Å². The fourth-order valence-electron chi connectivity index (χ4n) is 2.94. The van der Waals surface area contributed by atoms with Gasteiger partial charge in [0.15, 0.2) is 5.82 Å². The Labute approximate surface area is 134 Å².